The quantitative estimate of drug-likeness (QED) is 0.782. The summed E-state index contributed by atoms with van der Waals surface area (Å²) in [6.45, 7) is 1.07. The first-order chi connectivity index (χ1) is 8.29. The Morgan fingerprint density at radius 3 is 3.06 bits per heavy atom. The van der Waals surface area contributed by atoms with Crippen LogP contribution < -0.4 is 11.1 Å². The number of nitrogens with two attached hydrogens (primary N) is 1. The average molecular weight is 255 g/mol. The van der Waals surface area contributed by atoms with Crippen LogP contribution in [0, 0.1) is 0 Å². The van der Waals surface area contributed by atoms with Gasteiger partial charge >= 0.3 is 0 Å². The molecule has 0 radical (unpaired) electrons. The summed E-state index contributed by atoms with van der Waals surface area (Å²) in [5.74, 6) is 2.10. The third kappa shape index (κ3) is 3.44. The highest BCUT2D eigenvalue weighted by atomic mass is 32.2. The van der Waals surface area contributed by atoms with E-state index in [0.717, 1.165) is 24.3 Å². The van der Waals surface area contributed by atoms with Gasteiger partial charge in [-0.25, -0.2) is 0 Å². The van der Waals surface area contributed by atoms with E-state index in [1.54, 1.807) is 10.9 Å². The van der Waals surface area contributed by atoms with Crippen molar-refractivity contribution in [1.29, 1.82) is 0 Å². The van der Waals surface area contributed by atoms with Crippen molar-refractivity contribution in [3.8, 4) is 0 Å². The summed E-state index contributed by atoms with van der Waals surface area (Å²) in [7, 11) is 0. The zero-order valence-electron chi connectivity index (χ0n) is 9.63. The van der Waals surface area contributed by atoms with Gasteiger partial charge in [0.1, 0.15) is 0 Å². The number of hydrogen-bond acceptors (Lipinski definition) is 5. The largest absolute Gasteiger partial charge is 0.348 e. The van der Waals surface area contributed by atoms with E-state index < -0.39 is 0 Å². The average Bonchev–Trinajstić information content (AvgIpc) is 2.79. The molecule has 0 saturated carbocycles. The van der Waals surface area contributed by atoms with Crippen LogP contribution in [0.1, 0.15) is 23.3 Å². The molecule has 94 valence electrons. The maximum atomic E-state index is 11.9. The number of thioether (sulfide) groups is 1. The highest BCUT2D eigenvalue weighted by molar-refractivity contribution is 7.99. The highest BCUT2D eigenvalue weighted by Crippen LogP contribution is 2.17. The Hall–Kier alpha value is -1.08. The molecule has 0 unspecified atom stereocenters. The van der Waals surface area contributed by atoms with E-state index in [4.69, 9.17) is 5.73 Å². The number of hydrogen-bond donors (Lipinski definition) is 2. The van der Waals surface area contributed by atoms with Gasteiger partial charge in [0.2, 0.25) is 0 Å². The van der Waals surface area contributed by atoms with E-state index in [1.807, 2.05) is 11.8 Å². The number of amides is 1. The van der Waals surface area contributed by atoms with Gasteiger partial charge in [-0.3, -0.25) is 9.48 Å². The van der Waals surface area contributed by atoms with E-state index in [1.165, 1.54) is 0 Å². The SMILES string of the molecule is NCCn1cc(C(=O)NC2CCSCC2)nn1. The summed E-state index contributed by atoms with van der Waals surface area (Å²) in [5.41, 5.74) is 5.78. The minimum absolute atomic E-state index is 0.134. The molecule has 2 heterocycles. The van der Waals surface area contributed by atoms with E-state index >= 15 is 0 Å². The zero-order chi connectivity index (χ0) is 12.1. The van der Waals surface area contributed by atoms with Crippen LogP contribution in [-0.4, -0.2) is 45.0 Å². The van der Waals surface area contributed by atoms with Crippen LogP contribution in [-0.2, 0) is 6.54 Å². The molecule has 1 amide bonds. The Bertz CT molecular complexity index is 375. The second-order valence-electron chi connectivity index (χ2n) is 4.02. The Morgan fingerprint density at radius 2 is 2.35 bits per heavy atom. The molecule has 1 aromatic rings. The van der Waals surface area contributed by atoms with Crippen LogP contribution in [0.4, 0.5) is 0 Å². The molecule has 7 heteroatoms. The molecule has 17 heavy (non-hydrogen) atoms. The van der Waals surface area contributed by atoms with Gasteiger partial charge in [0.15, 0.2) is 5.69 Å². The topological polar surface area (TPSA) is 85.8 Å². The summed E-state index contributed by atoms with van der Waals surface area (Å²) in [6.07, 6.45) is 3.71. The molecule has 1 aromatic heterocycles. The molecule has 1 aliphatic rings. The fourth-order valence-corrected chi connectivity index (χ4v) is 2.85. The summed E-state index contributed by atoms with van der Waals surface area (Å²) in [5, 5.41) is 10.7. The van der Waals surface area contributed by atoms with E-state index in [2.05, 4.69) is 15.6 Å². The van der Waals surface area contributed by atoms with Crippen LogP contribution in [0.3, 0.4) is 0 Å². The highest BCUT2D eigenvalue weighted by Gasteiger charge is 2.18. The van der Waals surface area contributed by atoms with Gasteiger partial charge in [0.25, 0.3) is 5.91 Å². The third-order valence-corrected chi connectivity index (χ3v) is 3.73. The number of rotatable bonds is 4. The molecule has 0 spiro atoms. The molecule has 2 rings (SSSR count). The Morgan fingerprint density at radius 1 is 1.59 bits per heavy atom. The van der Waals surface area contributed by atoms with Gasteiger partial charge in [-0.1, -0.05) is 5.21 Å². The van der Waals surface area contributed by atoms with Crippen molar-refractivity contribution >= 4 is 17.7 Å². The normalized spacial score (nSPS) is 17.0. The van der Waals surface area contributed by atoms with E-state index in [9.17, 15) is 4.79 Å². The van der Waals surface area contributed by atoms with Crippen molar-refractivity contribution in [3.63, 3.8) is 0 Å². The lowest BCUT2D eigenvalue weighted by atomic mass is 10.1. The van der Waals surface area contributed by atoms with Gasteiger partial charge in [0, 0.05) is 12.6 Å². The van der Waals surface area contributed by atoms with Gasteiger partial charge in [-0.2, -0.15) is 11.8 Å². The summed E-state index contributed by atoms with van der Waals surface area (Å²) in [4.78, 5) is 11.9. The number of carbonyl (C=O) groups is 1. The number of aromatic nitrogens is 3. The van der Waals surface area contributed by atoms with Gasteiger partial charge in [0.05, 0.1) is 12.7 Å². The second kappa shape index (κ2) is 6.02. The lowest BCUT2D eigenvalue weighted by Crippen LogP contribution is -2.37. The Labute approximate surface area is 104 Å². The lowest BCUT2D eigenvalue weighted by molar-refractivity contribution is 0.0929. The Balaban J connectivity index is 1.89. The monoisotopic (exact) mass is 255 g/mol. The maximum absolute atomic E-state index is 11.9. The standard InChI is InChI=1S/C10H17N5OS/c11-3-4-15-7-9(13-14-15)10(16)12-8-1-5-17-6-2-8/h7-8H,1-6,11H2,(H,12,16). The van der Waals surface area contributed by atoms with Gasteiger partial charge in [-0.05, 0) is 24.3 Å². The first-order valence-electron chi connectivity index (χ1n) is 5.78. The van der Waals surface area contributed by atoms with Gasteiger partial charge < -0.3 is 11.1 Å². The van der Waals surface area contributed by atoms with Crippen molar-refractivity contribution in [1.82, 2.24) is 20.3 Å². The number of carbonyl (C=O) groups excluding carboxylic acids is 1. The molecule has 0 aromatic carbocycles. The molecule has 0 aliphatic carbocycles. The molecule has 1 fully saturated rings. The molecule has 6 nitrogen and oxygen atoms in total. The smallest absolute Gasteiger partial charge is 0.273 e. The number of nitrogens with one attached hydrogen (secondary N) is 1. The minimum atomic E-state index is -0.134. The van der Waals surface area contributed by atoms with Crippen molar-refractivity contribution in [3.05, 3.63) is 11.9 Å². The fraction of sp³-hybridized carbons (Fsp3) is 0.700. The molecule has 0 bridgehead atoms. The number of nitrogens with zero attached hydrogens (tertiary/aromatic N) is 3. The molecular formula is C10H17N5OS. The summed E-state index contributed by atoms with van der Waals surface area (Å²) >= 11 is 1.93. The first kappa shape index (κ1) is 12.4. The molecule has 0 atom stereocenters. The predicted octanol–water partition coefficient (Wildman–Crippen LogP) is -0.138. The Kier molecular flexibility index (Phi) is 4.38. The third-order valence-electron chi connectivity index (χ3n) is 2.69. The van der Waals surface area contributed by atoms with Crippen LogP contribution in [0.15, 0.2) is 6.20 Å². The molecule has 1 aliphatic heterocycles. The van der Waals surface area contributed by atoms with Crippen molar-refractivity contribution in [2.24, 2.45) is 5.73 Å². The second-order valence-corrected chi connectivity index (χ2v) is 5.24. The molecule has 3 N–H and O–H groups in total. The van der Waals surface area contributed by atoms with Crippen LogP contribution in [0.2, 0.25) is 0 Å². The molecular weight excluding hydrogens is 238 g/mol. The predicted molar refractivity (Wildman–Crippen MR) is 66.9 cm³/mol. The zero-order valence-corrected chi connectivity index (χ0v) is 10.4. The fourth-order valence-electron chi connectivity index (χ4n) is 1.75. The van der Waals surface area contributed by atoms with E-state index in [0.29, 0.717) is 18.8 Å². The summed E-state index contributed by atoms with van der Waals surface area (Å²) < 4.78 is 1.59. The lowest BCUT2D eigenvalue weighted by Gasteiger charge is -2.21. The van der Waals surface area contributed by atoms with Crippen LogP contribution in [0.5, 0.6) is 0 Å². The maximum Gasteiger partial charge on any atom is 0.273 e. The van der Waals surface area contributed by atoms with Crippen molar-refractivity contribution in [2.45, 2.75) is 25.4 Å². The summed E-state index contributed by atoms with van der Waals surface area (Å²) in [6, 6.07) is 0.281. The van der Waals surface area contributed by atoms with Gasteiger partial charge in [-0.15, -0.1) is 5.10 Å². The van der Waals surface area contributed by atoms with Crippen molar-refractivity contribution in [2.75, 3.05) is 18.1 Å². The van der Waals surface area contributed by atoms with Crippen molar-refractivity contribution < 1.29 is 4.79 Å². The first-order valence-corrected chi connectivity index (χ1v) is 6.94. The van der Waals surface area contributed by atoms with Crippen LogP contribution in [0.25, 0.3) is 0 Å². The minimum Gasteiger partial charge on any atom is -0.348 e. The van der Waals surface area contributed by atoms with E-state index in [-0.39, 0.29) is 11.9 Å². The molecule has 1 saturated heterocycles. The van der Waals surface area contributed by atoms with Crippen LogP contribution >= 0.6 is 11.8 Å².